The van der Waals surface area contributed by atoms with E-state index in [1.54, 1.807) is 19.0 Å². The minimum absolute atomic E-state index is 0.0306. The van der Waals surface area contributed by atoms with Crippen LogP contribution in [-0.4, -0.2) is 55.6 Å². The highest BCUT2D eigenvalue weighted by Gasteiger charge is 2.27. The van der Waals surface area contributed by atoms with Crippen LogP contribution in [0.2, 0.25) is 0 Å². The molecule has 1 atom stereocenters. The maximum absolute atomic E-state index is 11.4. The normalized spacial score (nSPS) is 21.4. The highest BCUT2D eigenvalue weighted by atomic mass is 16.5. The van der Waals surface area contributed by atoms with Crippen LogP contribution in [0, 0.1) is 0 Å². The van der Waals surface area contributed by atoms with Crippen molar-refractivity contribution in [2.24, 2.45) is 0 Å². The van der Waals surface area contributed by atoms with Crippen molar-refractivity contribution in [3.63, 3.8) is 0 Å². The van der Waals surface area contributed by atoms with Gasteiger partial charge in [0.1, 0.15) is 6.10 Å². The van der Waals surface area contributed by atoms with Crippen molar-refractivity contribution < 1.29 is 14.3 Å². The second kappa shape index (κ2) is 4.11. The van der Waals surface area contributed by atoms with Crippen molar-refractivity contribution in [3.8, 4) is 0 Å². The van der Waals surface area contributed by atoms with Gasteiger partial charge in [0.2, 0.25) is 0 Å². The minimum Gasteiger partial charge on any atom is -0.463 e. The molecule has 0 N–H and O–H groups in total. The van der Waals surface area contributed by atoms with Crippen LogP contribution in [0.25, 0.3) is 0 Å². The fraction of sp³-hybridized carbons (Fsp3) is 0.750. The molecule has 1 fully saturated rings. The lowest BCUT2D eigenvalue weighted by Gasteiger charge is -2.20. The quantitative estimate of drug-likeness (QED) is 0.566. The van der Waals surface area contributed by atoms with E-state index in [9.17, 15) is 9.59 Å². The summed E-state index contributed by atoms with van der Waals surface area (Å²) in [5, 5.41) is 0. The van der Waals surface area contributed by atoms with Crippen LogP contribution in [0.1, 0.15) is 6.42 Å². The van der Waals surface area contributed by atoms with Gasteiger partial charge < -0.3 is 14.5 Å². The van der Waals surface area contributed by atoms with E-state index >= 15 is 0 Å². The van der Waals surface area contributed by atoms with Gasteiger partial charge in [0, 0.05) is 27.1 Å². The number of likely N-dealkylation sites (tertiary alicyclic amines) is 1. The predicted octanol–water partition coefficient (Wildman–Crippen LogP) is -0.0847. The number of amides is 2. The molecule has 1 rings (SSSR count). The molecule has 13 heavy (non-hydrogen) atoms. The Bertz CT molecular complexity index is 206. The van der Waals surface area contributed by atoms with Gasteiger partial charge in [0.25, 0.3) is 6.47 Å². The van der Waals surface area contributed by atoms with Gasteiger partial charge >= 0.3 is 6.03 Å². The van der Waals surface area contributed by atoms with Crippen molar-refractivity contribution in [3.05, 3.63) is 0 Å². The van der Waals surface area contributed by atoms with Crippen molar-refractivity contribution in [1.82, 2.24) is 9.80 Å². The van der Waals surface area contributed by atoms with E-state index in [2.05, 4.69) is 0 Å². The molecule has 0 saturated carbocycles. The molecule has 0 spiro atoms. The number of urea groups is 1. The molecule has 0 radical (unpaired) electrons. The fourth-order valence-electron chi connectivity index (χ4n) is 1.37. The Morgan fingerprint density at radius 3 is 2.85 bits per heavy atom. The Morgan fingerprint density at radius 1 is 1.62 bits per heavy atom. The second-order valence-electron chi connectivity index (χ2n) is 3.27. The van der Waals surface area contributed by atoms with Gasteiger partial charge in [-0.1, -0.05) is 0 Å². The monoisotopic (exact) mass is 186 g/mol. The third-order valence-corrected chi connectivity index (χ3v) is 2.05. The third kappa shape index (κ3) is 2.34. The lowest BCUT2D eigenvalue weighted by molar-refractivity contribution is -0.132. The van der Waals surface area contributed by atoms with E-state index in [-0.39, 0.29) is 12.1 Å². The Morgan fingerprint density at radius 2 is 2.31 bits per heavy atom. The van der Waals surface area contributed by atoms with Gasteiger partial charge in [0.15, 0.2) is 0 Å². The summed E-state index contributed by atoms with van der Waals surface area (Å²) in [6.07, 6.45) is 0.611. The summed E-state index contributed by atoms with van der Waals surface area (Å²) in [6, 6.07) is -0.0306. The average molecular weight is 186 g/mol. The van der Waals surface area contributed by atoms with Crippen molar-refractivity contribution in [2.45, 2.75) is 12.5 Å². The van der Waals surface area contributed by atoms with Gasteiger partial charge in [-0.05, 0) is 0 Å². The van der Waals surface area contributed by atoms with Gasteiger partial charge in [-0.2, -0.15) is 0 Å². The van der Waals surface area contributed by atoms with Crippen LogP contribution in [-0.2, 0) is 9.53 Å². The zero-order valence-electron chi connectivity index (χ0n) is 7.90. The van der Waals surface area contributed by atoms with E-state index in [1.807, 2.05) is 0 Å². The van der Waals surface area contributed by atoms with Crippen LogP contribution in [0.4, 0.5) is 4.79 Å². The van der Waals surface area contributed by atoms with E-state index < -0.39 is 0 Å². The molecule has 2 amide bonds. The van der Waals surface area contributed by atoms with Crippen LogP contribution in [0.15, 0.2) is 0 Å². The Balaban J connectivity index is 2.40. The molecule has 1 heterocycles. The van der Waals surface area contributed by atoms with Crippen molar-refractivity contribution in [1.29, 1.82) is 0 Å². The molecule has 1 aliphatic heterocycles. The first kappa shape index (κ1) is 9.83. The van der Waals surface area contributed by atoms with Gasteiger partial charge in [-0.3, -0.25) is 4.79 Å². The lowest BCUT2D eigenvalue weighted by Crippen LogP contribution is -2.38. The molecule has 1 saturated heterocycles. The fourth-order valence-corrected chi connectivity index (χ4v) is 1.37. The van der Waals surface area contributed by atoms with Crippen LogP contribution in [0.3, 0.4) is 0 Å². The third-order valence-electron chi connectivity index (χ3n) is 2.05. The number of hydrogen-bond acceptors (Lipinski definition) is 3. The Labute approximate surface area is 77.2 Å². The summed E-state index contributed by atoms with van der Waals surface area (Å²) in [7, 11) is 3.41. The maximum Gasteiger partial charge on any atom is 0.319 e. The van der Waals surface area contributed by atoms with E-state index in [4.69, 9.17) is 4.74 Å². The van der Waals surface area contributed by atoms with Crippen molar-refractivity contribution in [2.75, 3.05) is 27.2 Å². The van der Waals surface area contributed by atoms with Crippen LogP contribution >= 0.6 is 0 Å². The summed E-state index contributed by atoms with van der Waals surface area (Å²) in [5.41, 5.74) is 0. The first-order valence-corrected chi connectivity index (χ1v) is 4.20. The number of rotatable bonds is 2. The molecule has 0 bridgehead atoms. The lowest BCUT2D eigenvalue weighted by atomic mass is 10.3. The molecule has 0 aliphatic carbocycles. The zero-order valence-corrected chi connectivity index (χ0v) is 7.90. The summed E-state index contributed by atoms with van der Waals surface area (Å²) in [4.78, 5) is 24.6. The predicted molar refractivity (Wildman–Crippen MR) is 46.2 cm³/mol. The highest BCUT2D eigenvalue weighted by Crippen LogP contribution is 2.12. The summed E-state index contributed by atoms with van der Waals surface area (Å²) >= 11 is 0. The molecule has 5 nitrogen and oxygen atoms in total. The number of carbonyl (C=O) groups is 2. The Kier molecular flexibility index (Phi) is 3.11. The molecular formula is C8H14N2O3. The molecule has 0 aromatic rings. The number of nitrogens with zero attached hydrogens (tertiary/aromatic N) is 2. The molecule has 0 aromatic carbocycles. The molecular weight excluding hydrogens is 172 g/mol. The smallest absolute Gasteiger partial charge is 0.319 e. The van der Waals surface area contributed by atoms with Crippen LogP contribution in [0.5, 0.6) is 0 Å². The van der Waals surface area contributed by atoms with E-state index in [0.29, 0.717) is 19.6 Å². The number of ether oxygens (including phenoxy) is 1. The first-order valence-electron chi connectivity index (χ1n) is 4.20. The maximum atomic E-state index is 11.4. The zero-order chi connectivity index (χ0) is 9.84. The average Bonchev–Trinajstić information content (AvgIpc) is 2.52. The molecule has 1 aliphatic rings. The minimum atomic E-state index is -0.124. The molecule has 5 heteroatoms. The highest BCUT2D eigenvalue weighted by molar-refractivity contribution is 5.74. The van der Waals surface area contributed by atoms with E-state index in [1.165, 1.54) is 4.90 Å². The summed E-state index contributed by atoms with van der Waals surface area (Å²) in [5.74, 6) is 0. The van der Waals surface area contributed by atoms with Gasteiger partial charge in [-0.25, -0.2) is 4.79 Å². The van der Waals surface area contributed by atoms with Crippen LogP contribution < -0.4 is 0 Å². The first-order chi connectivity index (χ1) is 6.15. The molecule has 1 unspecified atom stereocenters. The number of hydrogen-bond donors (Lipinski definition) is 0. The van der Waals surface area contributed by atoms with Gasteiger partial charge in [-0.15, -0.1) is 0 Å². The summed E-state index contributed by atoms with van der Waals surface area (Å²) < 4.78 is 4.77. The topological polar surface area (TPSA) is 49.9 Å². The second-order valence-corrected chi connectivity index (χ2v) is 3.27. The van der Waals surface area contributed by atoms with E-state index in [0.717, 1.165) is 6.42 Å². The largest absolute Gasteiger partial charge is 0.463 e. The standard InChI is InChI=1S/C8H14N2O3/c1-9(2)8(12)10-4-3-7(5-10)13-6-11/h6-7H,3-5H2,1-2H3. The van der Waals surface area contributed by atoms with Gasteiger partial charge in [0.05, 0.1) is 6.54 Å². The Hall–Kier alpha value is -1.26. The number of carbonyl (C=O) groups excluding carboxylic acids is 2. The molecule has 74 valence electrons. The van der Waals surface area contributed by atoms with Crippen molar-refractivity contribution >= 4 is 12.5 Å². The molecule has 0 aromatic heterocycles. The SMILES string of the molecule is CN(C)C(=O)N1CCC(OC=O)C1. The summed E-state index contributed by atoms with van der Waals surface area (Å²) in [6.45, 7) is 1.61.